The lowest BCUT2D eigenvalue weighted by atomic mass is 10.2. The van der Waals surface area contributed by atoms with Crippen molar-refractivity contribution in [3.8, 4) is 11.5 Å². The van der Waals surface area contributed by atoms with Crippen molar-refractivity contribution in [3.63, 3.8) is 0 Å². The van der Waals surface area contributed by atoms with Gasteiger partial charge in [-0.2, -0.15) is 0 Å². The Balaban J connectivity index is 1.82. The molecule has 0 atom stereocenters. The van der Waals surface area contributed by atoms with Crippen molar-refractivity contribution in [3.05, 3.63) is 68.3 Å². The second-order valence-corrected chi connectivity index (χ2v) is 8.14. The SMILES string of the molecule is CCOc1cc(/C=C(\Sc2n[nH]c(C)n2)C(=O)O)ccc1OCc1ccc(Cl)cc1Cl. The molecule has 0 aliphatic carbocycles. The highest BCUT2D eigenvalue weighted by molar-refractivity contribution is 8.04. The second kappa shape index (κ2) is 10.6. The third kappa shape index (κ3) is 6.40. The normalized spacial score (nSPS) is 11.4. The van der Waals surface area contributed by atoms with Crippen LogP contribution in [0.4, 0.5) is 0 Å². The van der Waals surface area contributed by atoms with E-state index in [1.165, 1.54) is 6.08 Å². The van der Waals surface area contributed by atoms with Gasteiger partial charge in [-0.1, -0.05) is 35.3 Å². The molecule has 0 amide bonds. The number of benzene rings is 2. The summed E-state index contributed by atoms with van der Waals surface area (Å²) in [6.45, 7) is 4.24. The fraction of sp³-hybridized carbons (Fsp3) is 0.190. The van der Waals surface area contributed by atoms with Crippen molar-refractivity contribution in [1.82, 2.24) is 15.2 Å². The van der Waals surface area contributed by atoms with E-state index in [4.69, 9.17) is 32.7 Å². The van der Waals surface area contributed by atoms with Crippen LogP contribution < -0.4 is 9.47 Å². The van der Waals surface area contributed by atoms with Gasteiger partial charge in [0, 0.05) is 15.6 Å². The molecule has 0 saturated heterocycles. The van der Waals surface area contributed by atoms with Crippen LogP contribution in [0, 0.1) is 6.92 Å². The number of carboxylic acid groups (broad SMARTS) is 1. The van der Waals surface area contributed by atoms with E-state index < -0.39 is 5.97 Å². The van der Waals surface area contributed by atoms with Gasteiger partial charge >= 0.3 is 5.97 Å². The fourth-order valence-corrected chi connectivity index (χ4v) is 3.76. The van der Waals surface area contributed by atoms with Gasteiger partial charge in [0.2, 0.25) is 5.16 Å². The molecule has 3 aromatic rings. The van der Waals surface area contributed by atoms with Crippen molar-refractivity contribution < 1.29 is 19.4 Å². The maximum absolute atomic E-state index is 11.7. The molecule has 10 heteroatoms. The first kappa shape index (κ1) is 23.0. The Labute approximate surface area is 193 Å². The molecule has 0 aliphatic rings. The number of aliphatic carboxylic acids is 1. The molecule has 2 aromatic carbocycles. The van der Waals surface area contributed by atoms with Crippen LogP contribution in [0.5, 0.6) is 11.5 Å². The first-order valence-corrected chi connectivity index (χ1v) is 10.8. The van der Waals surface area contributed by atoms with E-state index >= 15 is 0 Å². The lowest BCUT2D eigenvalue weighted by molar-refractivity contribution is -0.131. The molecule has 1 aromatic heterocycles. The number of carbonyl (C=O) groups is 1. The third-order valence-electron chi connectivity index (χ3n) is 3.95. The monoisotopic (exact) mass is 479 g/mol. The van der Waals surface area contributed by atoms with Crippen molar-refractivity contribution in [2.24, 2.45) is 0 Å². The van der Waals surface area contributed by atoms with E-state index in [2.05, 4.69) is 15.2 Å². The number of nitrogens with zero attached hydrogens (tertiary/aromatic N) is 2. The van der Waals surface area contributed by atoms with Crippen molar-refractivity contribution in [2.45, 2.75) is 25.6 Å². The molecule has 0 spiro atoms. The third-order valence-corrected chi connectivity index (χ3v) is 5.42. The van der Waals surface area contributed by atoms with Crippen LogP contribution in [-0.2, 0) is 11.4 Å². The smallest absolute Gasteiger partial charge is 0.342 e. The first-order chi connectivity index (χ1) is 14.9. The highest BCUT2D eigenvalue weighted by atomic mass is 35.5. The fourth-order valence-electron chi connectivity index (χ4n) is 2.55. The van der Waals surface area contributed by atoms with E-state index in [-0.39, 0.29) is 11.5 Å². The Hall–Kier alpha value is -2.68. The molecule has 0 bridgehead atoms. The summed E-state index contributed by atoms with van der Waals surface area (Å²) in [5, 5.41) is 17.6. The number of carboxylic acids is 1. The molecule has 0 unspecified atom stereocenters. The molecule has 0 radical (unpaired) electrons. The van der Waals surface area contributed by atoms with Gasteiger partial charge in [0.25, 0.3) is 0 Å². The number of hydrogen-bond donors (Lipinski definition) is 2. The lowest BCUT2D eigenvalue weighted by Gasteiger charge is -2.13. The Kier molecular flexibility index (Phi) is 7.84. The van der Waals surface area contributed by atoms with Crippen LogP contribution in [0.3, 0.4) is 0 Å². The number of aryl methyl sites for hydroxylation is 1. The number of ether oxygens (including phenoxy) is 2. The Bertz CT molecular complexity index is 1120. The molecule has 162 valence electrons. The summed E-state index contributed by atoms with van der Waals surface area (Å²) >= 11 is 13.1. The molecule has 0 aliphatic heterocycles. The Morgan fingerprint density at radius 1 is 1.19 bits per heavy atom. The Morgan fingerprint density at radius 2 is 2.00 bits per heavy atom. The number of rotatable bonds is 9. The highest BCUT2D eigenvalue weighted by Crippen LogP contribution is 2.33. The predicted octanol–water partition coefficient (Wildman–Crippen LogP) is 5.62. The molecule has 31 heavy (non-hydrogen) atoms. The van der Waals surface area contributed by atoms with E-state index in [0.717, 1.165) is 17.3 Å². The van der Waals surface area contributed by atoms with Crippen LogP contribution in [0.15, 0.2) is 46.5 Å². The zero-order valence-electron chi connectivity index (χ0n) is 16.7. The summed E-state index contributed by atoms with van der Waals surface area (Å²) in [6, 6.07) is 10.4. The average Bonchev–Trinajstić information content (AvgIpc) is 3.13. The topological polar surface area (TPSA) is 97.3 Å². The summed E-state index contributed by atoms with van der Waals surface area (Å²) in [5.74, 6) is 0.528. The van der Waals surface area contributed by atoms with E-state index in [9.17, 15) is 9.90 Å². The van der Waals surface area contributed by atoms with Crippen molar-refractivity contribution in [1.29, 1.82) is 0 Å². The van der Waals surface area contributed by atoms with Gasteiger partial charge in [-0.25, -0.2) is 9.78 Å². The molecule has 3 rings (SSSR count). The van der Waals surface area contributed by atoms with Gasteiger partial charge < -0.3 is 14.6 Å². The predicted molar refractivity (Wildman–Crippen MR) is 121 cm³/mol. The number of aromatic nitrogens is 3. The van der Waals surface area contributed by atoms with Crippen LogP contribution >= 0.6 is 35.0 Å². The first-order valence-electron chi connectivity index (χ1n) is 9.21. The molecular weight excluding hydrogens is 461 g/mol. The highest BCUT2D eigenvalue weighted by Gasteiger charge is 2.14. The van der Waals surface area contributed by atoms with Gasteiger partial charge in [0.15, 0.2) is 11.5 Å². The van der Waals surface area contributed by atoms with Crippen molar-refractivity contribution in [2.75, 3.05) is 6.61 Å². The van der Waals surface area contributed by atoms with Gasteiger partial charge in [-0.05, 0) is 61.5 Å². The summed E-state index contributed by atoms with van der Waals surface area (Å²) in [6.07, 6.45) is 1.53. The number of halogens is 2. The molecular formula is C21H19Cl2N3O4S. The number of nitrogens with one attached hydrogen (secondary N) is 1. The van der Waals surface area contributed by atoms with Crippen LogP contribution in [-0.4, -0.2) is 32.9 Å². The molecule has 0 fully saturated rings. The minimum absolute atomic E-state index is 0.0723. The zero-order chi connectivity index (χ0) is 22.4. The quantitative estimate of drug-likeness (QED) is 0.303. The van der Waals surface area contributed by atoms with Gasteiger partial charge in [-0.3, -0.25) is 5.10 Å². The van der Waals surface area contributed by atoms with Crippen molar-refractivity contribution >= 4 is 47.0 Å². The second-order valence-electron chi connectivity index (χ2n) is 6.28. The summed E-state index contributed by atoms with van der Waals surface area (Å²) in [5.41, 5.74) is 1.42. The van der Waals surface area contributed by atoms with Crippen LogP contribution in [0.25, 0.3) is 6.08 Å². The van der Waals surface area contributed by atoms with Gasteiger partial charge in [-0.15, -0.1) is 5.10 Å². The van der Waals surface area contributed by atoms with Gasteiger partial charge in [0.1, 0.15) is 17.3 Å². The largest absolute Gasteiger partial charge is 0.490 e. The van der Waals surface area contributed by atoms with E-state index in [0.29, 0.717) is 44.7 Å². The number of hydrogen-bond acceptors (Lipinski definition) is 6. The maximum Gasteiger partial charge on any atom is 0.342 e. The maximum atomic E-state index is 11.7. The lowest BCUT2D eigenvalue weighted by Crippen LogP contribution is -2.01. The number of thioether (sulfide) groups is 1. The van der Waals surface area contributed by atoms with E-state index in [1.807, 2.05) is 6.92 Å². The molecule has 0 saturated carbocycles. The minimum Gasteiger partial charge on any atom is -0.490 e. The average molecular weight is 480 g/mol. The van der Waals surface area contributed by atoms with E-state index in [1.54, 1.807) is 43.3 Å². The number of aromatic amines is 1. The summed E-state index contributed by atoms with van der Waals surface area (Å²) < 4.78 is 11.6. The molecule has 7 nitrogen and oxygen atoms in total. The summed E-state index contributed by atoms with van der Waals surface area (Å²) in [4.78, 5) is 15.9. The molecule has 2 N–H and O–H groups in total. The number of H-pyrrole nitrogens is 1. The van der Waals surface area contributed by atoms with Crippen LogP contribution in [0.1, 0.15) is 23.9 Å². The van der Waals surface area contributed by atoms with Gasteiger partial charge in [0.05, 0.1) is 6.61 Å². The molecule has 1 heterocycles. The zero-order valence-corrected chi connectivity index (χ0v) is 19.0. The summed E-state index contributed by atoms with van der Waals surface area (Å²) in [7, 11) is 0. The van der Waals surface area contributed by atoms with Crippen LogP contribution in [0.2, 0.25) is 10.0 Å². The Morgan fingerprint density at radius 3 is 2.65 bits per heavy atom. The standard InChI is InChI=1S/C21H19Cl2N3O4S/c1-3-29-18-8-13(9-19(20(27)28)31-21-24-12(2)25-26-21)4-7-17(18)30-11-14-5-6-15(22)10-16(14)23/h4-10H,3,11H2,1-2H3,(H,27,28)(H,24,25,26)/b19-9-. The minimum atomic E-state index is -1.08.